The Morgan fingerprint density at radius 2 is 1.92 bits per heavy atom. The van der Waals surface area contributed by atoms with E-state index in [4.69, 9.17) is 0 Å². The van der Waals surface area contributed by atoms with Gasteiger partial charge in [-0.25, -0.2) is 12.7 Å². The molecular formula is C17H23N3O4S. The van der Waals surface area contributed by atoms with Gasteiger partial charge in [-0.05, 0) is 30.4 Å². The summed E-state index contributed by atoms with van der Waals surface area (Å²) in [5.41, 5.74) is 1.62. The number of hydrogen-bond donors (Lipinski definition) is 1. The van der Waals surface area contributed by atoms with Crippen LogP contribution in [0.25, 0.3) is 0 Å². The lowest BCUT2D eigenvalue weighted by Crippen LogP contribution is -2.43. The Morgan fingerprint density at radius 1 is 1.24 bits per heavy atom. The van der Waals surface area contributed by atoms with E-state index in [1.807, 2.05) is 18.2 Å². The lowest BCUT2D eigenvalue weighted by atomic mass is 9.98. The molecule has 1 fully saturated rings. The summed E-state index contributed by atoms with van der Waals surface area (Å²) in [5, 5.41) is 2.88. The third-order valence-electron chi connectivity index (χ3n) is 4.86. The number of rotatable bonds is 5. The SMILES string of the molecule is CS(=O)(=O)N1CCC(CNC(=O)CN2Cc3ccccc3C2=O)CC1. The fourth-order valence-corrected chi connectivity index (χ4v) is 4.25. The number of benzene rings is 1. The maximum Gasteiger partial charge on any atom is 0.254 e. The van der Waals surface area contributed by atoms with E-state index in [-0.39, 0.29) is 24.3 Å². The summed E-state index contributed by atoms with van der Waals surface area (Å²) >= 11 is 0. The van der Waals surface area contributed by atoms with Crippen molar-refractivity contribution in [3.05, 3.63) is 35.4 Å². The van der Waals surface area contributed by atoms with Gasteiger partial charge < -0.3 is 10.2 Å². The van der Waals surface area contributed by atoms with Crippen molar-refractivity contribution in [2.45, 2.75) is 19.4 Å². The van der Waals surface area contributed by atoms with E-state index in [9.17, 15) is 18.0 Å². The number of fused-ring (bicyclic) bond motifs is 1. The van der Waals surface area contributed by atoms with E-state index in [0.29, 0.717) is 31.7 Å². The lowest BCUT2D eigenvalue weighted by Gasteiger charge is -2.30. The van der Waals surface area contributed by atoms with Gasteiger partial charge >= 0.3 is 0 Å². The maximum absolute atomic E-state index is 12.3. The summed E-state index contributed by atoms with van der Waals surface area (Å²) in [6.07, 6.45) is 2.70. The number of sulfonamides is 1. The molecular weight excluding hydrogens is 342 g/mol. The van der Waals surface area contributed by atoms with Crippen LogP contribution in [0.15, 0.2) is 24.3 Å². The molecule has 7 nitrogen and oxygen atoms in total. The summed E-state index contributed by atoms with van der Waals surface area (Å²) in [5.74, 6) is -0.00710. The van der Waals surface area contributed by atoms with Crippen LogP contribution in [0.2, 0.25) is 0 Å². The predicted octanol–water partition coefficient (Wildman–Crippen LogP) is 0.430. The van der Waals surface area contributed by atoms with Crippen molar-refractivity contribution >= 4 is 21.8 Å². The highest BCUT2D eigenvalue weighted by Crippen LogP contribution is 2.22. The summed E-state index contributed by atoms with van der Waals surface area (Å²) in [7, 11) is -3.13. The molecule has 2 aliphatic rings. The molecule has 8 heteroatoms. The highest BCUT2D eigenvalue weighted by molar-refractivity contribution is 7.88. The fraction of sp³-hybridized carbons (Fsp3) is 0.529. The van der Waals surface area contributed by atoms with E-state index < -0.39 is 10.0 Å². The number of piperidine rings is 1. The molecule has 0 spiro atoms. The second kappa shape index (κ2) is 7.13. The molecule has 1 aromatic carbocycles. The molecule has 0 saturated carbocycles. The molecule has 0 atom stereocenters. The van der Waals surface area contributed by atoms with Gasteiger partial charge in [0.1, 0.15) is 6.54 Å². The second-order valence-electron chi connectivity index (χ2n) is 6.73. The van der Waals surface area contributed by atoms with E-state index in [2.05, 4.69) is 5.32 Å². The van der Waals surface area contributed by atoms with Crippen LogP contribution >= 0.6 is 0 Å². The van der Waals surface area contributed by atoms with Gasteiger partial charge in [0.15, 0.2) is 0 Å². The Hall–Kier alpha value is -1.93. The Kier molecular flexibility index (Phi) is 5.10. The number of carbonyl (C=O) groups excluding carboxylic acids is 2. The summed E-state index contributed by atoms with van der Waals surface area (Å²) in [6.45, 7) is 2.04. The molecule has 1 N–H and O–H groups in total. The maximum atomic E-state index is 12.3. The zero-order valence-electron chi connectivity index (χ0n) is 14.3. The van der Waals surface area contributed by atoms with Crippen LogP contribution in [0.3, 0.4) is 0 Å². The predicted molar refractivity (Wildman–Crippen MR) is 93.3 cm³/mol. The molecule has 0 aliphatic carbocycles. The number of nitrogens with one attached hydrogen (secondary N) is 1. The molecule has 25 heavy (non-hydrogen) atoms. The van der Waals surface area contributed by atoms with Crippen molar-refractivity contribution in [3.8, 4) is 0 Å². The van der Waals surface area contributed by atoms with Crippen molar-refractivity contribution in [3.63, 3.8) is 0 Å². The van der Waals surface area contributed by atoms with Crippen molar-refractivity contribution in [1.82, 2.24) is 14.5 Å². The van der Waals surface area contributed by atoms with Crippen LogP contribution in [-0.4, -0.2) is 61.9 Å². The zero-order valence-corrected chi connectivity index (χ0v) is 15.1. The monoisotopic (exact) mass is 365 g/mol. The Morgan fingerprint density at radius 3 is 2.56 bits per heavy atom. The second-order valence-corrected chi connectivity index (χ2v) is 8.71. The van der Waals surface area contributed by atoms with Gasteiger partial charge in [0.2, 0.25) is 15.9 Å². The highest BCUT2D eigenvalue weighted by atomic mass is 32.2. The standard InChI is InChI=1S/C17H23N3O4S/c1-25(23,24)20-8-6-13(7-9-20)10-18-16(21)12-19-11-14-4-2-3-5-15(14)17(19)22/h2-5,13H,6-12H2,1H3,(H,18,21). The molecule has 0 radical (unpaired) electrons. The van der Waals surface area contributed by atoms with Crippen LogP contribution in [0.4, 0.5) is 0 Å². The highest BCUT2D eigenvalue weighted by Gasteiger charge is 2.29. The first-order valence-corrected chi connectivity index (χ1v) is 10.3. The smallest absolute Gasteiger partial charge is 0.254 e. The molecule has 0 bridgehead atoms. The van der Waals surface area contributed by atoms with Crippen molar-refractivity contribution < 1.29 is 18.0 Å². The average Bonchev–Trinajstić information content (AvgIpc) is 2.89. The normalized spacial score (nSPS) is 19.1. The van der Waals surface area contributed by atoms with Gasteiger partial charge in [-0.15, -0.1) is 0 Å². The van der Waals surface area contributed by atoms with E-state index in [0.717, 1.165) is 18.4 Å². The number of nitrogens with zero attached hydrogens (tertiary/aromatic N) is 2. The third kappa shape index (κ3) is 4.19. The molecule has 1 saturated heterocycles. The first kappa shape index (κ1) is 17.9. The summed E-state index contributed by atoms with van der Waals surface area (Å²) in [4.78, 5) is 26.0. The first-order chi connectivity index (χ1) is 11.8. The molecule has 0 aromatic heterocycles. The van der Waals surface area contributed by atoms with Crippen LogP contribution in [-0.2, 0) is 21.4 Å². The van der Waals surface area contributed by atoms with Gasteiger partial charge in [0.25, 0.3) is 5.91 Å². The molecule has 1 aromatic rings. The number of hydrogen-bond acceptors (Lipinski definition) is 4. The summed E-state index contributed by atoms with van der Waals surface area (Å²) < 4.78 is 24.5. The van der Waals surface area contributed by atoms with Gasteiger partial charge in [-0.2, -0.15) is 0 Å². The minimum atomic E-state index is -3.13. The average molecular weight is 365 g/mol. The van der Waals surface area contributed by atoms with Crippen molar-refractivity contribution in [2.75, 3.05) is 32.4 Å². The van der Waals surface area contributed by atoms with Gasteiger partial charge in [0, 0.05) is 31.7 Å². The van der Waals surface area contributed by atoms with Gasteiger partial charge in [-0.1, -0.05) is 18.2 Å². The minimum absolute atomic E-state index is 0.0513. The van der Waals surface area contributed by atoms with Crippen LogP contribution in [0.1, 0.15) is 28.8 Å². The minimum Gasteiger partial charge on any atom is -0.354 e. The van der Waals surface area contributed by atoms with Crippen molar-refractivity contribution in [2.24, 2.45) is 5.92 Å². The molecule has 136 valence electrons. The largest absolute Gasteiger partial charge is 0.354 e. The topological polar surface area (TPSA) is 86.8 Å². The molecule has 2 amide bonds. The third-order valence-corrected chi connectivity index (χ3v) is 6.16. The quantitative estimate of drug-likeness (QED) is 0.820. The Bertz CT molecular complexity index is 770. The fourth-order valence-electron chi connectivity index (χ4n) is 3.37. The molecule has 2 heterocycles. The van der Waals surface area contributed by atoms with E-state index in [1.54, 1.807) is 11.0 Å². The van der Waals surface area contributed by atoms with E-state index in [1.165, 1.54) is 10.6 Å². The molecule has 0 unspecified atom stereocenters. The van der Waals surface area contributed by atoms with E-state index >= 15 is 0 Å². The zero-order chi connectivity index (χ0) is 18.0. The first-order valence-electron chi connectivity index (χ1n) is 8.43. The molecule has 3 rings (SSSR count). The van der Waals surface area contributed by atoms with Crippen LogP contribution in [0, 0.1) is 5.92 Å². The molecule has 2 aliphatic heterocycles. The van der Waals surface area contributed by atoms with Gasteiger partial charge in [-0.3, -0.25) is 9.59 Å². The summed E-state index contributed by atoms with van der Waals surface area (Å²) in [6, 6.07) is 7.40. The van der Waals surface area contributed by atoms with Crippen molar-refractivity contribution in [1.29, 1.82) is 0 Å². The Balaban J connectivity index is 1.43. The number of amides is 2. The van der Waals surface area contributed by atoms with Crippen LogP contribution < -0.4 is 5.32 Å². The van der Waals surface area contributed by atoms with Gasteiger partial charge in [0.05, 0.1) is 6.26 Å². The Labute approximate surface area is 148 Å². The van der Waals surface area contributed by atoms with Crippen LogP contribution in [0.5, 0.6) is 0 Å². The lowest BCUT2D eigenvalue weighted by molar-refractivity contribution is -0.122. The number of carbonyl (C=O) groups is 2.